The van der Waals surface area contributed by atoms with E-state index in [9.17, 15) is 9.59 Å². The van der Waals surface area contributed by atoms with E-state index in [0.717, 1.165) is 24.8 Å². The second-order valence-corrected chi connectivity index (χ2v) is 6.04. The van der Waals surface area contributed by atoms with E-state index in [1.165, 1.54) is 0 Å². The lowest BCUT2D eigenvalue weighted by molar-refractivity contribution is -0.148. The molecule has 1 aliphatic rings. The molecule has 1 saturated carbocycles. The molecule has 1 aromatic carbocycles. The Morgan fingerprint density at radius 1 is 1.30 bits per heavy atom. The van der Waals surface area contributed by atoms with Crippen LogP contribution in [0.25, 0.3) is 0 Å². The van der Waals surface area contributed by atoms with Gasteiger partial charge in [-0.05, 0) is 37.8 Å². The number of ether oxygens (including phenoxy) is 1. The van der Waals surface area contributed by atoms with E-state index in [0.29, 0.717) is 19.6 Å². The SMILES string of the molecule is CCOC(=O)C(Cc1ccccc1)NC(=O)[C@@H]1CCC[C@@H]1CN. The van der Waals surface area contributed by atoms with Crippen molar-refractivity contribution in [3.05, 3.63) is 35.9 Å². The van der Waals surface area contributed by atoms with Crippen LogP contribution in [0.5, 0.6) is 0 Å². The van der Waals surface area contributed by atoms with Crippen molar-refractivity contribution in [2.45, 2.75) is 38.6 Å². The van der Waals surface area contributed by atoms with E-state index in [2.05, 4.69) is 5.32 Å². The number of nitrogens with two attached hydrogens (primary N) is 1. The summed E-state index contributed by atoms with van der Waals surface area (Å²) in [6, 6.07) is 8.99. The van der Waals surface area contributed by atoms with Crippen LogP contribution in [0.3, 0.4) is 0 Å². The first kappa shape index (κ1) is 17.5. The smallest absolute Gasteiger partial charge is 0.328 e. The van der Waals surface area contributed by atoms with Crippen LogP contribution in [0, 0.1) is 11.8 Å². The number of esters is 1. The fourth-order valence-electron chi connectivity index (χ4n) is 3.23. The monoisotopic (exact) mass is 318 g/mol. The van der Waals surface area contributed by atoms with Crippen LogP contribution in [0.15, 0.2) is 30.3 Å². The van der Waals surface area contributed by atoms with Gasteiger partial charge in [-0.2, -0.15) is 0 Å². The van der Waals surface area contributed by atoms with Crippen LogP contribution >= 0.6 is 0 Å². The van der Waals surface area contributed by atoms with Crippen molar-refractivity contribution in [1.82, 2.24) is 5.32 Å². The van der Waals surface area contributed by atoms with Gasteiger partial charge in [-0.25, -0.2) is 4.79 Å². The number of amides is 1. The van der Waals surface area contributed by atoms with Gasteiger partial charge >= 0.3 is 5.97 Å². The largest absolute Gasteiger partial charge is 0.464 e. The summed E-state index contributed by atoms with van der Waals surface area (Å²) < 4.78 is 5.11. The normalized spacial score (nSPS) is 21.7. The minimum absolute atomic E-state index is 0.0769. The van der Waals surface area contributed by atoms with Crippen molar-refractivity contribution in [3.8, 4) is 0 Å². The first-order valence-electron chi connectivity index (χ1n) is 8.36. The second-order valence-electron chi connectivity index (χ2n) is 6.04. The van der Waals surface area contributed by atoms with Crippen molar-refractivity contribution in [3.63, 3.8) is 0 Å². The first-order valence-corrected chi connectivity index (χ1v) is 8.36. The van der Waals surface area contributed by atoms with E-state index in [1.807, 2.05) is 30.3 Å². The van der Waals surface area contributed by atoms with E-state index in [1.54, 1.807) is 6.92 Å². The van der Waals surface area contributed by atoms with E-state index in [-0.39, 0.29) is 23.7 Å². The van der Waals surface area contributed by atoms with E-state index < -0.39 is 6.04 Å². The van der Waals surface area contributed by atoms with E-state index >= 15 is 0 Å². The van der Waals surface area contributed by atoms with Crippen LogP contribution in [0.2, 0.25) is 0 Å². The Kier molecular flexibility index (Phi) is 6.59. The third kappa shape index (κ3) is 4.79. The highest BCUT2D eigenvalue weighted by atomic mass is 16.5. The van der Waals surface area contributed by atoms with Crippen LogP contribution < -0.4 is 11.1 Å². The Labute approximate surface area is 137 Å². The molecule has 1 unspecified atom stereocenters. The number of carbonyl (C=O) groups is 2. The maximum Gasteiger partial charge on any atom is 0.328 e. The fourth-order valence-corrected chi connectivity index (χ4v) is 3.23. The van der Waals surface area contributed by atoms with Crippen molar-refractivity contribution in [2.24, 2.45) is 17.6 Å². The van der Waals surface area contributed by atoms with Gasteiger partial charge in [0.15, 0.2) is 0 Å². The molecule has 0 spiro atoms. The molecule has 1 aromatic rings. The molecule has 5 heteroatoms. The Hall–Kier alpha value is -1.88. The third-order valence-corrected chi connectivity index (χ3v) is 4.47. The van der Waals surface area contributed by atoms with Crippen molar-refractivity contribution in [2.75, 3.05) is 13.2 Å². The van der Waals surface area contributed by atoms with Crippen molar-refractivity contribution in [1.29, 1.82) is 0 Å². The summed E-state index contributed by atoms with van der Waals surface area (Å²) in [6.45, 7) is 2.58. The number of hydrogen-bond acceptors (Lipinski definition) is 4. The zero-order valence-electron chi connectivity index (χ0n) is 13.7. The molecule has 0 saturated heterocycles. The molecule has 0 aliphatic heterocycles. The molecular weight excluding hydrogens is 292 g/mol. The lowest BCUT2D eigenvalue weighted by Crippen LogP contribution is -2.47. The summed E-state index contributed by atoms with van der Waals surface area (Å²) in [7, 11) is 0. The van der Waals surface area contributed by atoms with Gasteiger partial charge in [-0.1, -0.05) is 36.8 Å². The zero-order chi connectivity index (χ0) is 16.7. The predicted molar refractivity (Wildman–Crippen MR) is 88.6 cm³/mol. The highest BCUT2D eigenvalue weighted by molar-refractivity contribution is 5.86. The second kappa shape index (κ2) is 8.67. The predicted octanol–water partition coefficient (Wildman–Crippen LogP) is 1.65. The zero-order valence-corrected chi connectivity index (χ0v) is 13.7. The lowest BCUT2D eigenvalue weighted by atomic mass is 9.94. The maximum atomic E-state index is 12.5. The molecule has 3 N–H and O–H groups in total. The molecule has 1 fully saturated rings. The molecule has 3 atom stereocenters. The summed E-state index contributed by atoms with van der Waals surface area (Å²) in [5.41, 5.74) is 6.75. The van der Waals surface area contributed by atoms with Crippen LogP contribution in [-0.2, 0) is 20.7 Å². The molecular formula is C18H26N2O3. The fraction of sp³-hybridized carbons (Fsp3) is 0.556. The molecule has 0 bridgehead atoms. The van der Waals surface area contributed by atoms with Gasteiger partial charge in [-0.3, -0.25) is 4.79 Å². The summed E-state index contributed by atoms with van der Waals surface area (Å²) >= 11 is 0. The van der Waals surface area contributed by atoms with Gasteiger partial charge < -0.3 is 15.8 Å². The highest BCUT2D eigenvalue weighted by Gasteiger charge is 2.34. The molecule has 1 amide bonds. The van der Waals surface area contributed by atoms with Gasteiger partial charge in [-0.15, -0.1) is 0 Å². The number of rotatable bonds is 7. The van der Waals surface area contributed by atoms with Crippen molar-refractivity contribution < 1.29 is 14.3 Å². The van der Waals surface area contributed by atoms with Crippen LogP contribution in [-0.4, -0.2) is 31.1 Å². The highest BCUT2D eigenvalue weighted by Crippen LogP contribution is 2.31. The Bertz CT molecular complexity index is 518. The third-order valence-electron chi connectivity index (χ3n) is 4.47. The van der Waals surface area contributed by atoms with Crippen LogP contribution in [0.4, 0.5) is 0 Å². The van der Waals surface area contributed by atoms with Gasteiger partial charge in [0.2, 0.25) is 5.91 Å². The van der Waals surface area contributed by atoms with Gasteiger partial charge in [0, 0.05) is 12.3 Å². The summed E-state index contributed by atoms with van der Waals surface area (Å²) in [5, 5.41) is 2.89. The Balaban J connectivity index is 2.04. The molecule has 126 valence electrons. The first-order chi connectivity index (χ1) is 11.2. The van der Waals surface area contributed by atoms with Gasteiger partial charge in [0.25, 0.3) is 0 Å². The molecule has 0 radical (unpaired) electrons. The summed E-state index contributed by atoms with van der Waals surface area (Å²) in [6.07, 6.45) is 3.28. The molecule has 2 rings (SSSR count). The molecule has 5 nitrogen and oxygen atoms in total. The van der Waals surface area contributed by atoms with Gasteiger partial charge in [0.05, 0.1) is 6.61 Å². The van der Waals surface area contributed by atoms with Gasteiger partial charge in [0.1, 0.15) is 6.04 Å². The minimum atomic E-state index is -0.649. The average molecular weight is 318 g/mol. The molecule has 0 aromatic heterocycles. The average Bonchev–Trinajstić information content (AvgIpc) is 3.04. The Morgan fingerprint density at radius 3 is 2.70 bits per heavy atom. The van der Waals surface area contributed by atoms with Crippen LogP contribution in [0.1, 0.15) is 31.7 Å². The minimum Gasteiger partial charge on any atom is -0.464 e. The summed E-state index contributed by atoms with van der Waals surface area (Å²) in [5.74, 6) is -0.332. The Morgan fingerprint density at radius 2 is 2.04 bits per heavy atom. The standard InChI is InChI=1S/C18H26N2O3/c1-2-23-18(22)16(11-13-7-4-3-5-8-13)20-17(21)15-10-6-9-14(15)12-19/h3-5,7-8,14-16H,2,6,9-12,19H2,1H3,(H,20,21)/t14-,15-,16?/m1/s1. The number of carbonyl (C=O) groups excluding carboxylic acids is 2. The lowest BCUT2D eigenvalue weighted by Gasteiger charge is -2.22. The topological polar surface area (TPSA) is 81.4 Å². The number of hydrogen-bond donors (Lipinski definition) is 2. The number of nitrogens with one attached hydrogen (secondary N) is 1. The quantitative estimate of drug-likeness (QED) is 0.749. The number of benzene rings is 1. The maximum absolute atomic E-state index is 12.5. The van der Waals surface area contributed by atoms with E-state index in [4.69, 9.17) is 10.5 Å². The molecule has 23 heavy (non-hydrogen) atoms. The summed E-state index contributed by atoms with van der Waals surface area (Å²) in [4.78, 5) is 24.7. The van der Waals surface area contributed by atoms with Crippen molar-refractivity contribution >= 4 is 11.9 Å². The molecule has 1 aliphatic carbocycles. The molecule has 0 heterocycles.